The Bertz CT molecular complexity index is 433. The third kappa shape index (κ3) is 2.64. The van der Waals surface area contributed by atoms with Gasteiger partial charge in [0.1, 0.15) is 0 Å². The normalized spacial score (nSPS) is 11.9. The lowest BCUT2D eigenvalue weighted by molar-refractivity contribution is -0.146. The van der Waals surface area contributed by atoms with Gasteiger partial charge in [-0.2, -0.15) is 0 Å². The molecular weight excluding hydrogens is 234 g/mol. The summed E-state index contributed by atoms with van der Waals surface area (Å²) in [4.78, 5) is 22.0. The number of hydrogen-bond donors (Lipinski definition) is 2. The predicted molar refractivity (Wildman–Crippen MR) is 58.4 cm³/mol. The molecule has 0 aliphatic heterocycles. The first-order chi connectivity index (χ1) is 7.43. The van der Waals surface area contributed by atoms with E-state index in [0.29, 0.717) is 0 Å². The van der Waals surface area contributed by atoms with Gasteiger partial charge in [0.15, 0.2) is 6.10 Å². The molecule has 1 aromatic rings. The first-order valence-corrected chi connectivity index (χ1v) is 4.79. The van der Waals surface area contributed by atoms with Gasteiger partial charge in [-0.1, -0.05) is 17.7 Å². The summed E-state index contributed by atoms with van der Waals surface area (Å²) >= 11 is 5.78. The lowest BCUT2D eigenvalue weighted by Gasteiger charge is -2.10. The topological polar surface area (TPSA) is 89.6 Å². The second-order valence-corrected chi connectivity index (χ2v) is 3.47. The van der Waals surface area contributed by atoms with Crippen LogP contribution in [0.15, 0.2) is 18.2 Å². The number of carbonyl (C=O) groups excluding carboxylic acids is 1. The SMILES string of the molecule is CC(OC(=O)c1cccc(N)c1Cl)C(=O)O. The highest BCUT2D eigenvalue weighted by Gasteiger charge is 2.20. The summed E-state index contributed by atoms with van der Waals surface area (Å²) in [7, 11) is 0. The molecule has 0 aromatic heterocycles. The summed E-state index contributed by atoms with van der Waals surface area (Å²) < 4.78 is 4.66. The quantitative estimate of drug-likeness (QED) is 0.621. The molecule has 0 saturated heterocycles. The maximum absolute atomic E-state index is 11.5. The molecule has 1 atom stereocenters. The molecule has 6 heteroatoms. The number of hydrogen-bond acceptors (Lipinski definition) is 4. The number of carboxylic acid groups (broad SMARTS) is 1. The third-order valence-electron chi connectivity index (χ3n) is 1.88. The molecule has 3 N–H and O–H groups in total. The van der Waals surface area contributed by atoms with Crippen molar-refractivity contribution in [3.63, 3.8) is 0 Å². The van der Waals surface area contributed by atoms with E-state index in [1.54, 1.807) is 0 Å². The Balaban J connectivity index is 2.89. The van der Waals surface area contributed by atoms with Gasteiger partial charge in [0, 0.05) is 0 Å². The fourth-order valence-electron chi connectivity index (χ4n) is 0.982. The molecule has 0 amide bonds. The summed E-state index contributed by atoms with van der Waals surface area (Å²) in [5.41, 5.74) is 5.78. The van der Waals surface area contributed by atoms with Crippen LogP contribution in [-0.4, -0.2) is 23.1 Å². The molecule has 5 nitrogen and oxygen atoms in total. The van der Waals surface area contributed by atoms with Gasteiger partial charge in [0.25, 0.3) is 0 Å². The highest BCUT2D eigenvalue weighted by molar-refractivity contribution is 6.36. The van der Waals surface area contributed by atoms with E-state index in [2.05, 4.69) is 4.74 Å². The molecule has 0 aliphatic rings. The van der Waals surface area contributed by atoms with Gasteiger partial charge in [-0.15, -0.1) is 0 Å². The summed E-state index contributed by atoms with van der Waals surface area (Å²) in [5.74, 6) is -2.04. The fraction of sp³-hybridized carbons (Fsp3) is 0.200. The van der Waals surface area contributed by atoms with Gasteiger partial charge in [-0.3, -0.25) is 0 Å². The van der Waals surface area contributed by atoms with E-state index in [-0.39, 0.29) is 16.3 Å². The van der Waals surface area contributed by atoms with Crippen LogP contribution in [0.4, 0.5) is 5.69 Å². The van der Waals surface area contributed by atoms with Crippen LogP contribution in [-0.2, 0) is 9.53 Å². The van der Waals surface area contributed by atoms with E-state index in [9.17, 15) is 9.59 Å². The molecule has 0 fully saturated rings. The van der Waals surface area contributed by atoms with Crippen molar-refractivity contribution in [2.75, 3.05) is 5.73 Å². The minimum Gasteiger partial charge on any atom is -0.479 e. The summed E-state index contributed by atoms with van der Waals surface area (Å²) in [5, 5.41) is 8.63. The molecule has 16 heavy (non-hydrogen) atoms. The van der Waals surface area contributed by atoms with Crippen molar-refractivity contribution in [3.8, 4) is 0 Å². The van der Waals surface area contributed by atoms with E-state index in [1.165, 1.54) is 25.1 Å². The average Bonchev–Trinajstić information content (AvgIpc) is 2.21. The van der Waals surface area contributed by atoms with Crippen LogP contribution in [0.1, 0.15) is 17.3 Å². The first-order valence-electron chi connectivity index (χ1n) is 4.41. The zero-order valence-corrected chi connectivity index (χ0v) is 9.19. The van der Waals surface area contributed by atoms with Crippen molar-refractivity contribution in [3.05, 3.63) is 28.8 Å². The lowest BCUT2D eigenvalue weighted by Crippen LogP contribution is -2.23. The Morgan fingerprint density at radius 3 is 2.69 bits per heavy atom. The number of benzene rings is 1. The Morgan fingerprint density at radius 2 is 2.12 bits per heavy atom. The molecule has 0 heterocycles. The van der Waals surface area contributed by atoms with Gasteiger partial charge in [-0.25, -0.2) is 9.59 Å². The van der Waals surface area contributed by atoms with E-state index in [0.717, 1.165) is 0 Å². The van der Waals surface area contributed by atoms with Crippen LogP contribution >= 0.6 is 11.6 Å². The highest BCUT2D eigenvalue weighted by Crippen LogP contribution is 2.23. The molecule has 1 rings (SSSR count). The lowest BCUT2D eigenvalue weighted by atomic mass is 10.2. The number of rotatable bonds is 3. The zero-order valence-electron chi connectivity index (χ0n) is 8.44. The van der Waals surface area contributed by atoms with Crippen molar-refractivity contribution in [2.45, 2.75) is 13.0 Å². The van der Waals surface area contributed by atoms with Crippen LogP contribution < -0.4 is 5.73 Å². The molecule has 0 radical (unpaired) electrons. The van der Waals surface area contributed by atoms with Gasteiger partial charge in [0.05, 0.1) is 16.3 Å². The highest BCUT2D eigenvalue weighted by atomic mass is 35.5. The Morgan fingerprint density at radius 1 is 1.50 bits per heavy atom. The molecule has 1 unspecified atom stereocenters. The molecule has 0 bridgehead atoms. The second kappa shape index (κ2) is 4.85. The maximum atomic E-state index is 11.5. The van der Waals surface area contributed by atoms with Crippen molar-refractivity contribution in [1.29, 1.82) is 0 Å². The number of carbonyl (C=O) groups is 2. The summed E-state index contributed by atoms with van der Waals surface area (Å²) in [6.45, 7) is 1.25. The number of aliphatic carboxylic acids is 1. The Kier molecular flexibility index (Phi) is 3.73. The van der Waals surface area contributed by atoms with Crippen molar-refractivity contribution in [1.82, 2.24) is 0 Å². The van der Waals surface area contributed by atoms with Gasteiger partial charge in [0.2, 0.25) is 0 Å². The molecule has 0 spiro atoms. The Hall–Kier alpha value is -1.75. The van der Waals surface area contributed by atoms with Crippen molar-refractivity contribution in [2.24, 2.45) is 0 Å². The van der Waals surface area contributed by atoms with Crippen LogP contribution in [0.25, 0.3) is 0 Å². The van der Waals surface area contributed by atoms with Crippen molar-refractivity contribution < 1.29 is 19.4 Å². The van der Waals surface area contributed by atoms with E-state index in [1.807, 2.05) is 0 Å². The first kappa shape index (κ1) is 12.3. The molecular formula is C10H10ClNO4. The number of nitrogen functional groups attached to an aromatic ring is 1. The largest absolute Gasteiger partial charge is 0.479 e. The van der Waals surface area contributed by atoms with Crippen LogP contribution in [0.2, 0.25) is 5.02 Å². The Labute approximate surface area is 96.8 Å². The smallest absolute Gasteiger partial charge is 0.344 e. The molecule has 1 aromatic carbocycles. The van der Waals surface area contributed by atoms with Crippen LogP contribution in [0.3, 0.4) is 0 Å². The van der Waals surface area contributed by atoms with Gasteiger partial charge in [-0.05, 0) is 19.1 Å². The van der Waals surface area contributed by atoms with Crippen LogP contribution in [0.5, 0.6) is 0 Å². The minimum absolute atomic E-state index is 0.0507. The molecule has 0 saturated carbocycles. The van der Waals surface area contributed by atoms with E-state index in [4.69, 9.17) is 22.4 Å². The zero-order chi connectivity index (χ0) is 12.3. The summed E-state index contributed by atoms with van der Waals surface area (Å²) in [6, 6.07) is 4.47. The standard InChI is InChI=1S/C10H10ClNO4/c1-5(9(13)14)16-10(15)6-3-2-4-7(12)8(6)11/h2-5H,12H2,1H3,(H,13,14). The van der Waals surface area contributed by atoms with Crippen LogP contribution in [0, 0.1) is 0 Å². The second-order valence-electron chi connectivity index (χ2n) is 3.09. The number of anilines is 1. The number of ether oxygens (including phenoxy) is 1. The number of halogens is 1. The molecule has 86 valence electrons. The third-order valence-corrected chi connectivity index (χ3v) is 2.30. The average molecular weight is 244 g/mol. The predicted octanol–water partition coefficient (Wildman–Crippen LogP) is 1.55. The monoisotopic (exact) mass is 243 g/mol. The summed E-state index contributed by atoms with van der Waals surface area (Å²) in [6.07, 6.45) is -1.23. The van der Waals surface area contributed by atoms with E-state index < -0.39 is 18.0 Å². The number of esters is 1. The molecule has 0 aliphatic carbocycles. The number of nitrogens with two attached hydrogens (primary N) is 1. The van der Waals surface area contributed by atoms with Gasteiger partial charge < -0.3 is 15.6 Å². The van der Waals surface area contributed by atoms with E-state index >= 15 is 0 Å². The maximum Gasteiger partial charge on any atom is 0.344 e. The van der Waals surface area contributed by atoms with Crippen molar-refractivity contribution >= 4 is 29.2 Å². The van der Waals surface area contributed by atoms with Gasteiger partial charge >= 0.3 is 11.9 Å². The number of carboxylic acids is 1. The fourth-order valence-corrected chi connectivity index (χ4v) is 1.19. The minimum atomic E-state index is -1.23.